The molecule has 6 amide bonds. The Kier molecular flexibility index (Phi) is 5.93. The highest BCUT2D eigenvalue weighted by molar-refractivity contribution is 7.14. The third-order valence-corrected chi connectivity index (χ3v) is 4.84. The van der Waals surface area contributed by atoms with E-state index in [2.05, 4.69) is 36.2 Å². The van der Waals surface area contributed by atoms with Crippen molar-refractivity contribution in [2.75, 3.05) is 24.9 Å². The van der Waals surface area contributed by atoms with Crippen molar-refractivity contribution in [3.63, 3.8) is 0 Å². The van der Waals surface area contributed by atoms with E-state index < -0.39 is 41.9 Å². The molecule has 13 nitrogen and oxygen atoms in total. The first-order valence-corrected chi connectivity index (χ1v) is 9.41. The van der Waals surface area contributed by atoms with E-state index in [0.29, 0.717) is 0 Å². The summed E-state index contributed by atoms with van der Waals surface area (Å²) in [6.07, 6.45) is -1.03. The number of β-lactam (4-membered cyclic amide) rings is 1. The number of hydrogen-bond acceptors (Lipinski definition) is 9. The van der Waals surface area contributed by atoms with Crippen LogP contribution in [0.25, 0.3) is 0 Å². The summed E-state index contributed by atoms with van der Waals surface area (Å²) in [6.45, 7) is -0.197. The molecule has 0 spiro atoms. The molecule has 3 heterocycles. The summed E-state index contributed by atoms with van der Waals surface area (Å²) in [5.41, 5.74) is -0.198. The van der Waals surface area contributed by atoms with Gasteiger partial charge in [0.1, 0.15) is 30.9 Å². The molecule has 0 bridgehead atoms. The van der Waals surface area contributed by atoms with Crippen LogP contribution in [-0.4, -0.2) is 77.0 Å². The van der Waals surface area contributed by atoms with Gasteiger partial charge in [0.25, 0.3) is 11.8 Å². The number of anilines is 1. The van der Waals surface area contributed by atoms with Crippen molar-refractivity contribution in [1.29, 1.82) is 0 Å². The number of alkyl halides is 1. The lowest BCUT2D eigenvalue weighted by molar-refractivity contribution is -0.143. The lowest BCUT2D eigenvalue weighted by Gasteiger charge is -2.40. The lowest BCUT2D eigenvalue weighted by atomic mass is 10.0. The van der Waals surface area contributed by atoms with Gasteiger partial charge in [0.15, 0.2) is 10.8 Å². The predicted molar refractivity (Wildman–Crippen MR) is 99.1 cm³/mol. The van der Waals surface area contributed by atoms with Crippen molar-refractivity contribution in [1.82, 2.24) is 25.8 Å². The Labute approximate surface area is 171 Å². The second kappa shape index (κ2) is 8.40. The van der Waals surface area contributed by atoms with Crippen molar-refractivity contribution in [3.8, 4) is 0 Å². The highest BCUT2D eigenvalue weighted by Gasteiger charge is 2.50. The number of hydrogen-bond donors (Lipinski definition) is 4. The molecule has 1 aromatic heterocycles. The van der Waals surface area contributed by atoms with Crippen molar-refractivity contribution >= 4 is 63.4 Å². The SMILES string of the molecule is CO/N=C(\C(=O)N[C@@H]1C(=O)N[C@H]1N1C(=O)CNC1=O)c1csc(NC(=O)CCl)n1. The standard InChI is InChI=1S/C14H14ClN7O6S/c1-28-21-8(5-4-29-13(17-5)18-6(23)2-15)11(25)19-9-10(20-12(9)26)22-7(24)3-16-14(22)27/h4,9-10H,2-3H2,1H3,(H,16,27)(H,19,25)(H,20,26)(H,17,18,23)/b21-8-/t9-,10-/m0/s1. The second-order valence-electron chi connectivity index (χ2n) is 5.67. The number of oxime groups is 1. The molecule has 2 aliphatic rings. The number of nitrogens with one attached hydrogen (secondary N) is 4. The molecule has 0 aliphatic carbocycles. The van der Waals surface area contributed by atoms with Gasteiger partial charge >= 0.3 is 6.03 Å². The largest absolute Gasteiger partial charge is 0.398 e. The Morgan fingerprint density at radius 3 is 2.79 bits per heavy atom. The van der Waals surface area contributed by atoms with Crippen molar-refractivity contribution in [2.24, 2.45) is 5.16 Å². The Morgan fingerprint density at radius 1 is 1.45 bits per heavy atom. The number of nitrogens with zero attached hydrogens (tertiary/aromatic N) is 3. The number of aromatic nitrogens is 1. The maximum absolute atomic E-state index is 12.6. The van der Waals surface area contributed by atoms with Gasteiger partial charge in [-0.05, 0) is 0 Å². The Morgan fingerprint density at radius 2 is 2.21 bits per heavy atom. The fraction of sp³-hybridized carbons (Fsp3) is 0.357. The molecule has 2 atom stereocenters. The summed E-state index contributed by atoms with van der Waals surface area (Å²) in [5.74, 6) is -2.70. The quantitative estimate of drug-likeness (QED) is 0.126. The summed E-state index contributed by atoms with van der Waals surface area (Å²) < 4.78 is 0. The monoisotopic (exact) mass is 443 g/mol. The van der Waals surface area contributed by atoms with Crippen LogP contribution in [0.15, 0.2) is 10.5 Å². The van der Waals surface area contributed by atoms with E-state index >= 15 is 0 Å². The fourth-order valence-corrected chi connectivity index (χ4v) is 3.32. The molecule has 15 heteroatoms. The third-order valence-electron chi connectivity index (χ3n) is 3.84. The van der Waals surface area contributed by atoms with Crippen LogP contribution in [0.4, 0.5) is 9.93 Å². The van der Waals surface area contributed by atoms with E-state index in [1.54, 1.807) is 0 Å². The molecule has 0 radical (unpaired) electrons. The van der Waals surface area contributed by atoms with Gasteiger partial charge in [0.05, 0.1) is 6.54 Å². The average molecular weight is 444 g/mol. The molecule has 2 aliphatic heterocycles. The number of rotatable bonds is 7. The topological polar surface area (TPSA) is 171 Å². The number of imide groups is 1. The maximum Gasteiger partial charge on any atom is 0.326 e. The molecule has 3 rings (SSSR count). The number of amides is 6. The third kappa shape index (κ3) is 4.12. The molecule has 29 heavy (non-hydrogen) atoms. The van der Waals surface area contributed by atoms with Crippen LogP contribution < -0.4 is 21.3 Å². The second-order valence-corrected chi connectivity index (χ2v) is 6.79. The molecule has 4 N–H and O–H groups in total. The van der Waals surface area contributed by atoms with Gasteiger partial charge in [-0.15, -0.1) is 22.9 Å². The van der Waals surface area contributed by atoms with Gasteiger partial charge in [0.2, 0.25) is 11.8 Å². The molecule has 154 valence electrons. The van der Waals surface area contributed by atoms with Crippen molar-refractivity contribution in [3.05, 3.63) is 11.1 Å². The van der Waals surface area contributed by atoms with Crippen LogP contribution in [0.5, 0.6) is 0 Å². The maximum atomic E-state index is 12.6. The van der Waals surface area contributed by atoms with Crippen LogP contribution in [0, 0.1) is 0 Å². The number of urea groups is 1. The van der Waals surface area contributed by atoms with Crippen molar-refractivity contribution < 1.29 is 28.8 Å². The van der Waals surface area contributed by atoms with Crippen LogP contribution >= 0.6 is 22.9 Å². The number of carbonyl (C=O) groups is 5. The van der Waals surface area contributed by atoms with E-state index in [1.165, 1.54) is 12.5 Å². The van der Waals surface area contributed by atoms with Gasteiger partial charge in [0, 0.05) is 5.38 Å². The Balaban J connectivity index is 1.74. The van der Waals surface area contributed by atoms with Crippen LogP contribution in [-0.2, 0) is 24.0 Å². The van der Waals surface area contributed by atoms with E-state index in [9.17, 15) is 24.0 Å². The Hall–Kier alpha value is -3.26. The molecule has 0 unspecified atom stereocenters. The van der Waals surface area contributed by atoms with Crippen LogP contribution in [0.2, 0.25) is 0 Å². The van der Waals surface area contributed by atoms with E-state index in [0.717, 1.165) is 16.2 Å². The molecule has 0 aromatic carbocycles. The zero-order valence-electron chi connectivity index (χ0n) is 14.7. The molecule has 2 saturated heterocycles. The highest BCUT2D eigenvalue weighted by atomic mass is 35.5. The van der Waals surface area contributed by atoms with E-state index in [1.807, 2.05) is 0 Å². The van der Waals surface area contributed by atoms with Gasteiger partial charge in [-0.3, -0.25) is 19.2 Å². The summed E-state index contributed by atoms with van der Waals surface area (Å²) in [7, 11) is 1.21. The van der Waals surface area contributed by atoms with Crippen molar-refractivity contribution in [2.45, 2.75) is 12.2 Å². The highest BCUT2D eigenvalue weighted by Crippen LogP contribution is 2.18. The minimum absolute atomic E-state index is 0.0745. The van der Waals surface area contributed by atoms with Gasteiger partial charge in [-0.25, -0.2) is 14.7 Å². The molecule has 0 saturated carbocycles. The average Bonchev–Trinajstić information content (AvgIpc) is 3.28. The minimum atomic E-state index is -1.17. The zero-order valence-corrected chi connectivity index (χ0v) is 16.3. The van der Waals surface area contributed by atoms with E-state index in [4.69, 9.17) is 11.6 Å². The fourth-order valence-electron chi connectivity index (χ4n) is 2.54. The number of halogens is 1. The normalized spacial score (nSPS) is 21.2. The van der Waals surface area contributed by atoms with E-state index in [-0.39, 0.29) is 29.0 Å². The summed E-state index contributed by atoms with van der Waals surface area (Å²) in [5, 5.41) is 14.8. The van der Waals surface area contributed by atoms with Gasteiger partial charge < -0.3 is 26.1 Å². The number of carbonyl (C=O) groups excluding carboxylic acids is 5. The summed E-state index contributed by atoms with van der Waals surface area (Å²) >= 11 is 6.44. The lowest BCUT2D eigenvalue weighted by Crippen LogP contribution is -2.75. The first-order chi connectivity index (χ1) is 13.8. The zero-order chi connectivity index (χ0) is 21.1. The molecular weight excluding hydrogens is 430 g/mol. The molecule has 2 fully saturated rings. The van der Waals surface area contributed by atoms with Gasteiger partial charge in [-0.1, -0.05) is 5.16 Å². The molecular formula is C14H14ClN7O6S. The van der Waals surface area contributed by atoms with Crippen LogP contribution in [0.3, 0.4) is 0 Å². The summed E-state index contributed by atoms with van der Waals surface area (Å²) in [6, 6.07) is -1.85. The minimum Gasteiger partial charge on any atom is -0.398 e. The smallest absolute Gasteiger partial charge is 0.326 e. The predicted octanol–water partition coefficient (Wildman–Crippen LogP) is -1.84. The number of thiazole rings is 1. The first-order valence-electron chi connectivity index (χ1n) is 7.99. The van der Waals surface area contributed by atoms with Gasteiger partial charge in [-0.2, -0.15) is 0 Å². The first kappa shape index (κ1) is 20.5. The molecule has 1 aromatic rings. The Bertz CT molecular complexity index is 902. The van der Waals surface area contributed by atoms with Crippen LogP contribution in [0.1, 0.15) is 5.69 Å². The summed E-state index contributed by atoms with van der Waals surface area (Å²) in [4.78, 5) is 69.0.